The third kappa shape index (κ3) is 1.13. The molecule has 0 saturated heterocycles. The normalized spacial score (nSPS) is 47.4. The van der Waals surface area contributed by atoms with E-state index in [0.717, 1.165) is 19.3 Å². The second kappa shape index (κ2) is 2.67. The molecule has 0 spiro atoms. The number of fused-ring (bicyclic) bond motifs is 2. The Morgan fingerprint density at radius 2 is 2.09 bits per heavy atom. The molecule has 1 N–H and O–H groups in total. The third-order valence-electron chi connectivity index (χ3n) is 3.00. The molecule has 11 heavy (non-hydrogen) atoms. The maximum atomic E-state index is 9.42. The molecule has 4 atom stereocenters. The summed E-state index contributed by atoms with van der Waals surface area (Å²) >= 11 is 4.55. The highest BCUT2D eigenvalue weighted by molar-refractivity contribution is 7.78. The van der Waals surface area contributed by atoms with Gasteiger partial charge in [-0.05, 0) is 43.3 Å². The molecule has 0 aromatic heterocycles. The molecule has 0 aliphatic heterocycles. The summed E-state index contributed by atoms with van der Waals surface area (Å²) in [6.45, 7) is 0. The molecule has 0 aromatic carbocycles. The van der Waals surface area contributed by atoms with Crippen molar-refractivity contribution in [2.45, 2.75) is 31.4 Å². The summed E-state index contributed by atoms with van der Waals surface area (Å²) in [6, 6.07) is 0.376. The number of nitrogens with zero attached hydrogens (tertiary/aromatic N) is 1. The molecule has 2 nitrogen and oxygen atoms in total. The van der Waals surface area contributed by atoms with Gasteiger partial charge in [0, 0.05) is 0 Å². The lowest BCUT2D eigenvalue weighted by Crippen LogP contribution is -2.23. The topological polar surface area (TPSA) is 32.6 Å². The third-order valence-corrected chi connectivity index (χ3v) is 3.11. The summed E-state index contributed by atoms with van der Waals surface area (Å²) in [5, 5.41) is 11.9. The first-order valence-electron chi connectivity index (χ1n) is 4.06. The molecule has 0 aromatic rings. The lowest BCUT2D eigenvalue weighted by Gasteiger charge is -2.20. The van der Waals surface area contributed by atoms with Crippen LogP contribution in [0.3, 0.4) is 0 Å². The molecule has 0 radical (unpaired) electrons. The minimum atomic E-state index is -0.0587. The number of aliphatic hydroxyl groups excluding tert-OH is 1. The van der Waals surface area contributed by atoms with Gasteiger partial charge in [-0.3, -0.25) is 0 Å². The van der Waals surface area contributed by atoms with E-state index in [-0.39, 0.29) is 6.10 Å². The minimum Gasteiger partial charge on any atom is -0.393 e. The smallest absolute Gasteiger partial charge is 0.0635 e. The highest BCUT2D eigenvalue weighted by Crippen LogP contribution is 2.45. The van der Waals surface area contributed by atoms with Gasteiger partial charge in [0.2, 0.25) is 0 Å². The average Bonchev–Trinajstić information content (AvgIpc) is 2.47. The van der Waals surface area contributed by atoms with Crippen LogP contribution in [0.5, 0.6) is 0 Å². The number of isothiocyanates is 1. The molecule has 2 saturated carbocycles. The van der Waals surface area contributed by atoms with E-state index >= 15 is 0 Å². The maximum absolute atomic E-state index is 9.42. The maximum Gasteiger partial charge on any atom is 0.0635 e. The zero-order chi connectivity index (χ0) is 7.84. The fourth-order valence-corrected chi connectivity index (χ4v) is 2.58. The van der Waals surface area contributed by atoms with Crippen molar-refractivity contribution in [2.24, 2.45) is 16.8 Å². The van der Waals surface area contributed by atoms with Crippen LogP contribution in [0.25, 0.3) is 0 Å². The van der Waals surface area contributed by atoms with Crippen molar-refractivity contribution in [3.8, 4) is 0 Å². The molecule has 3 heteroatoms. The van der Waals surface area contributed by atoms with Crippen LogP contribution in [-0.4, -0.2) is 22.4 Å². The van der Waals surface area contributed by atoms with E-state index in [4.69, 9.17) is 0 Å². The van der Waals surface area contributed by atoms with Gasteiger partial charge in [0.25, 0.3) is 0 Å². The summed E-state index contributed by atoms with van der Waals surface area (Å²) in [7, 11) is 0. The predicted molar refractivity (Wildman–Crippen MR) is 45.7 cm³/mol. The van der Waals surface area contributed by atoms with Crippen LogP contribution >= 0.6 is 12.2 Å². The number of aliphatic imine (C=N–C) groups is 1. The highest BCUT2D eigenvalue weighted by atomic mass is 32.1. The fourth-order valence-electron chi connectivity index (χ4n) is 2.44. The standard InChI is InChI=1S/C8H11NOS/c10-8-3-5-1-6(8)2-7(5)9-4-11/h5-8,10H,1-3H2/t5-,6-,7+,8-/m1/s1. The van der Waals surface area contributed by atoms with Gasteiger partial charge in [-0.15, -0.1) is 0 Å². The molecule has 60 valence electrons. The molecule has 2 fully saturated rings. The van der Waals surface area contributed by atoms with Crippen LogP contribution in [0.2, 0.25) is 0 Å². The molecule has 2 rings (SSSR count). The largest absolute Gasteiger partial charge is 0.393 e. The van der Waals surface area contributed by atoms with Crippen LogP contribution < -0.4 is 0 Å². The van der Waals surface area contributed by atoms with Gasteiger partial charge in [-0.1, -0.05) is 0 Å². The summed E-state index contributed by atoms with van der Waals surface area (Å²) in [5.74, 6) is 1.09. The van der Waals surface area contributed by atoms with E-state index in [1.807, 2.05) is 0 Å². The van der Waals surface area contributed by atoms with Crippen LogP contribution in [-0.2, 0) is 0 Å². The Morgan fingerprint density at radius 3 is 2.55 bits per heavy atom. The van der Waals surface area contributed by atoms with E-state index in [1.54, 1.807) is 0 Å². The first kappa shape index (κ1) is 7.41. The highest BCUT2D eigenvalue weighted by Gasteiger charge is 2.44. The van der Waals surface area contributed by atoms with Crippen molar-refractivity contribution < 1.29 is 5.11 Å². The fraction of sp³-hybridized carbons (Fsp3) is 0.875. The van der Waals surface area contributed by atoms with Gasteiger partial charge in [0.05, 0.1) is 17.3 Å². The summed E-state index contributed by atoms with van der Waals surface area (Å²) in [4.78, 5) is 4.09. The van der Waals surface area contributed by atoms with Gasteiger partial charge in [0.15, 0.2) is 0 Å². The van der Waals surface area contributed by atoms with E-state index in [1.165, 1.54) is 0 Å². The van der Waals surface area contributed by atoms with Crippen LogP contribution in [0.4, 0.5) is 0 Å². The molecule has 0 amide bonds. The van der Waals surface area contributed by atoms with Crippen molar-refractivity contribution in [3.05, 3.63) is 0 Å². The summed E-state index contributed by atoms with van der Waals surface area (Å²) in [5.41, 5.74) is 0. The van der Waals surface area contributed by atoms with Crippen LogP contribution in [0, 0.1) is 11.8 Å². The molecule has 2 bridgehead atoms. The second-order valence-corrected chi connectivity index (χ2v) is 3.76. The second-order valence-electron chi connectivity index (χ2n) is 3.58. The quantitative estimate of drug-likeness (QED) is 0.473. The van der Waals surface area contributed by atoms with Gasteiger partial charge in [0.1, 0.15) is 0 Å². The van der Waals surface area contributed by atoms with E-state index in [2.05, 4.69) is 22.4 Å². The van der Waals surface area contributed by atoms with Gasteiger partial charge < -0.3 is 5.11 Å². The summed E-state index contributed by atoms with van der Waals surface area (Å²) < 4.78 is 0. The molecule has 2 aliphatic rings. The van der Waals surface area contributed by atoms with E-state index in [0.29, 0.717) is 17.9 Å². The number of hydrogen-bond donors (Lipinski definition) is 1. The molecule has 0 unspecified atom stereocenters. The van der Waals surface area contributed by atoms with E-state index in [9.17, 15) is 5.11 Å². The van der Waals surface area contributed by atoms with Crippen LogP contribution in [0.15, 0.2) is 4.99 Å². The Kier molecular flexibility index (Phi) is 1.80. The Balaban J connectivity index is 2.08. The SMILES string of the molecule is O[C@@H]1C[C@H]2C[C@@H]1C[C@@H]2N=C=S. The number of aliphatic hydroxyl groups is 1. The Hall–Kier alpha value is -0.240. The van der Waals surface area contributed by atoms with Crippen molar-refractivity contribution in [1.82, 2.24) is 0 Å². The number of rotatable bonds is 1. The van der Waals surface area contributed by atoms with E-state index < -0.39 is 0 Å². The van der Waals surface area contributed by atoms with Crippen molar-refractivity contribution in [2.75, 3.05) is 0 Å². The number of thiocarbonyl (C=S) groups is 1. The lowest BCUT2D eigenvalue weighted by atomic mass is 9.94. The van der Waals surface area contributed by atoms with Gasteiger partial charge in [-0.2, -0.15) is 0 Å². The lowest BCUT2D eigenvalue weighted by molar-refractivity contribution is 0.108. The minimum absolute atomic E-state index is 0.0587. The van der Waals surface area contributed by atoms with Crippen molar-refractivity contribution in [1.29, 1.82) is 0 Å². The van der Waals surface area contributed by atoms with Gasteiger partial charge in [-0.25, -0.2) is 4.99 Å². The number of hydrogen-bond acceptors (Lipinski definition) is 3. The first-order chi connectivity index (χ1) is 5.31. The molecule has 0 heterocycles. The van der Waals surface area contributed by atoms with Crippen molar-refractivity contribution in [3.63, 3.8) is 0 Å². The summed E-state index contributed by atoms with van der Waals surface area (Å²) in [6.07, 6.45) is 3.04. The predicted octanol–water partition coefficient (Wildman–Crippen LogP) is 1.25. The Labute approximate surface area is 71.3 Å². The Morgan fingerprint density at radius 1 is 1.27 bits per heavy atom. The molecular weight excluding hydrogens is 158 g/mol. The first-order valence-corrected chi connectivity index (χ1v) is 4.47. The molecular formula is C8H11NOS. The Bertz CT molecular complexity index is 210. The van der Waals surface area contributed by atoms with Crippen LogP contribution in [0.1, 0.15) is 19.3 Å². The zero-order valence-electron chi connectivity index (χ0n) is 6.23. The zero-order valence-corrected chi connectivity index (χ0v) is 7.05. The molecule has 2 aliphatic carbocycles. The van der Waals surface area contributed by atoms with Gasteiger partial charge >= 0.3 is 0 Å². The van der Waals surface area contributed by atoms with Crippen molar-refractivity contribution >= 4 is 17.4 Å². The average molecular weight is 169 g/mol. The monoisotopic (exact) mass is 169 g/mol.